The number of guanidine groups is 1. The van der Waals surface area contributed by atoms with Crippen molar-refractivity contribution >= 4 is 58.3 Å². The van der Waals surface area contributed by atoms with Crippen molar-refractivity contribution in [2.24, 2.45) is 4.99 Å². The van der Waals surface area contributed by atoms with E-state index in [4.69, 9.17) is 11.6 Å². The first-order valence-electron chi connectivity index (χ1n) is 9.40. The first-order valence-corrected chi connectivity index (χ1v) is 9.77. The van der Waals surface area contributed by atoms with E-state index in [0.717, 1.165) is 42.2 Å². The van der Waals surface area contributed by atoms with E-state index in [1.807, 2.05) is 42.6 Å². The second-order valence-corrected chi connectivity index (χ2v) is 7.20. The molecule has 3 heterocycles. The van der Waals surface area contributed by atoms with Crippen LogP contribution in [0.2, 0.25) is 5.02 Å². The summed E-state index contributed by atoms with van der Waals surface area (Å²) in [7, 11) is 1.79. The smallest absolute Gasteiger partial charge is 0.191 e. The van der Waals surface area contributed by atoms with Crippen LogP contribution >= 0.6 is 35.6 Å². The number of aromatic nitrogens is 2. The van der Waals surface area contributed by atoms with Gasteiger partial charge in [0, 0.05) is 50.5 Å². The van der Waals surface area contributed by atoms with E-state index in [-0.39, 0.29) is 24.0 Å². The number of nitrogens with one attached hydrogen (secondary N) is 2. The van der Waals surface area contributed by atoms with Crippen molar-refractivity contribution in [1.82, 2.24) is 20.6 Å². The summed E-state index contributed by atoms with van der Waals surface area (Å²) in [6.45, 7) is 2.45. The summed E-state index contributed by atoms with van der Waals surface area (Å²) in [5.41, 5.74) is 2.20. The van der Waals surface area contributed by atoms with E-state index in [1.54, 1.807) is 13.2 Å². The Balaban J connectivity index is 0.00000240. The van der Waals surface area contributed by atoms with Crippen molar-refractivity contribution in [2.45, 2.75) is 19.0 Å². The number of halogens is 2. The molecule has 1 unspecified atom stereocenters. The standard InChI is InChI=1S/C21H23ClN6.HI/c1-23-21(26-13-15-8-11-24-19-7-3-2-5-17(15)19)27-16-9-12-28(14-16)20-18(22)6-4-10-25-20;/h2-8,10-11,16H,9,12-14H2,1H3,(H2,23,26,27);1H. The predicted octanol–water partition coefficient (Wildman–Crippen LogP) is 3.85. The lowest BCUT2D eigenvalue weighted by Gasteiger charge is -2.20. The minimum absolute atomic E-state index is 0. The summed E-state index contributed by atoms with van der Waals surface area (Å²) in [6, 6.07) is 14.2. The molecule has 152 valence electrons. The monoisotopic (exact) mass is 522 g/mol. The third-order valence-corrected chi connectivity index (χ3v) is 5.27. The molecule has 0 radical (unpaired) electrons. The Labute approximate surface area is 192 Å². The van der Waals surface area contributed by atoms with Crippen LogP contribution < -0.4 is 15.5 Å². The molecule has 0 amide bonds. The molecule has 1 aliphatic rings. The summed E-state index contributed by atoms with van der Waals surface area (Å²) in [5.74, 6) is 1.64. The fourth-order valence-electron chi connectivity index (χ4n) is 3.56. The molecule has 6 nitrogen and oxygen atoms in total. The second kappa shape index (κ2) is 10.1. The number of anilines is 1. The van der Waals surface area contributed by atoms with Gasteiger partial charge in [0.05, 0.1) is 10.5 Å². The fraction of sp³-hybridized carbons (Fsp3) is 0.286. The Morgan fingerprint density at radius 2 is 2.03 bits per heavy atom. The van der Waals surface area contributed by atoms with E-state index in [0.29, 0.717) is 17.6 Å². The van der Waals surface area contributed by atoms with E-state index in [9.17, 15) is 0 Å². The van der Waals surface area contributed by atoms with Gasteiger partial charge in [0.15, 0.2) is 5.96 Å². The molecule has 1 atom stereocenters. The highest BCUT2D eigenvalue weighted by Crippen LogP contribution is 2.25. The molecule has 8 heteroatoms. The Hall–Kier alpha value is -2.13. The summed E-state index contributed by atoms with van der Waals surface area (Å²) < 4.78 is 0. The maximum absolute atomic E-state index is 6.28. The van der Waals surface area contributed by atoms with Gasteiger partial charge in [-0.05, 0) is 36.2 Å². The molecular formula is C21H24ClIN6. The summed E-state index contributed by atoms with van der Waals surface area (Å²) in [5, 5.41) is 8.78. The number of para-hydroxylation sites is 1. The molecule has 0 bridgehead atoms. The minimum atomic E-state index is 0. The highest BCUT2D eigenvalue weighted by molar-refractivity contribution is 14.0. The van der Waals surface area contributed by atoms with E-state index in [2.05, 4.69) is 36.6 Å². The Bertz CT molecular complexity index is 990. The van der Waals surface area contributed by atoms with Gasteiger partial charge in [0.25, 0.3) is 0 Å². The number of nitrogens with zero attached hydrogens (tertiary/aromatic N) is 4. The van der Waals surface area contributed by atoms with Gasteiger partial charge in [-0.15, -0.1) is 24.0 Å². The Morgan fingerprint density at radius 3 is 2.86 bits per heavy atom. The number of hydrogen-bond donors (Lipinski definition) is 2. The zero-order valence-corrected chi connectivity index (χ0v) is 19.3. The van der Waals surface area contributed by atoms with Gasteiger partial charge in [0.1, 0.15) is 5.82 Å². The average Bonchev–Trinajstić information content (AvgIpc) is 3.19. The Morgan fingerprint density at radius 1 is 1.17 bits per heavy atom. The molecule has 29 heavy (non-hydrogen) atoms. The van der Waals surface area contributed by atoms with Crippen molar-refractivity contribution in [3.05, 3.63) is 65.4 Å². The Kier molecular flexibility index (Phi) is 7.49. The topological polar surface area (TPSA) is 65.4 Å². The van der Waals surface area contributed by atoms with Gasteiger partial charge < -0.3 is 15.5 Å². The van der Waals surface area contributed by atoms with Crippen LogP contribution in [0.25, 0.3) is 10.9 Å². The number of aliphatic imine (C=N–C) groups is 1. The zero-order chi connectivity index (χ0) is 19.3. The summed E-state index contributed by atoms with van der Waals surface area (Å²) in [4.78, 5) is 15.4. The van der Waals surface area contributed by atoms with Crippen molar-refractivity contribution in [1.29, 1.82) is 0 Å². The molecule has 3 aromatic rings. The maximum atomic E-state index is 6.28. The average molecular weight is 523 g/mol. The van der Waals surface area contributed by atoms with E-state index >= 15 is 0 Å². The van der Waals surface area contributed by atoms with Gasteiger partial charge >= 0.3 is 0 Å². The molecule has 0 aliphatic carbocycles. The van der Waals surface area contributed by atoms with Gasteiger partial charge in [-0.3, -0.25) is 9.98 Å². The number of hydrogen-bond acceptors (Lipinski definition) is 4. The first-order chi connectivity index (χ1) is 13.7. The van der Waals surface area contributed by atoms with Crippen LogP contribution in [-0.4, -0.2) is 42.1 Å². The largest absolute Gasteiger partial charge is 0.353 e. The van der Waals surface area contributed by atoms with Gasteiger partial charge in [-0.25, -0.2) is 4.98 Å². The fourth-order valence-corrected chi connectivity index (χ4v) is 3.80. The molecule has 0 saturated carbocycles. The zero-order valence-electron chi connectivity index (χ0n) is 16.2. The lowest BCUT2D eigenvalue weighted by Crippen LogP contribution is -2.44. The maximum Gasteiger partial charge on any atom is 0.191 e. The van der Waals surface area contributed by atoms with Gasteiger partial charge in [0.2, 0.25) is 0 Å². The number of fused-ring (bicyclic) bond motifs is 1. The van der Waals surface area contributed by atoms with Crippen molar-refractivity contribution in [3.8, 4) is 0 Å². The quantitative estimate of drug-likeness (QED) is 0.310. The van der Waals surface area contributed by atoms with Gasteiger partial charge in [-0.1, -0.05) is 29.8 Å². The normalized spacial score (nSPS) is 16.6. The lowest BCUT2D eigenvalue weighted by molar-refractivity contribution is 0.648. The number of rotatable bonds is 4. The van der Waals surface area contributed by atoms with E-state index in [1.165, 1.54) is 5.56 Å². The molecule has 1 aliphatic heterocycles. The summed E-state index contributed by atoms with van der Waals surface area (Å²) >= 11 is 6.28. The highest BCUT2D eigenvalue weighted by atomic mass is 127. The number of benzene rings is 1. The molecule has 2 N–H and O–H groups in total. The first kappa shape index (κ1) is 21.6. The second-order valence-electron chi connectivity index (χ2n) is 6.80. The molecule has 4 rings (SSSR count). The lowest BCUT2D eigenvalue weighted by atomic mass is 10.1. The molecule has 2 aromatic heterocycles. The van der Waals surface area contributed by atoms with Crippen LogP contribution in [-0.2, 0) is 6.54 Å². The summed E-state index contributed by atoms with van der Waals surface area (Å²) in [6.07, 6.45) is 4.63. The van der Waals surface area contributed by atoms with Crippen LogP contribution in [0.5, 0.6) is 0 Å². The SMILES string of the molecule is CN=C(NCc1ccnc2ccccc12)NC1CCN(c2ncccc2Cl)C1.I. The molecule has 0 spiro atoms. The van der Waals surface area contributed by atoms with E-state index < -0.39 is 0 Å². The molecule has 1 fully saturated rings. The van der Waals surface area contributed by atoms with Crippen LogP contribution in [0.4, 0.5) is 5.82 Å². The molecule has 1 aromatic carbocycles. The third kappa shape index (κ3) is 5.08. The van der Waals surface area contributed by atoms with Crippen LogP contribution in [0.3, 0.4) is 0 Å². The van der Waals surface area contributed by atoms with Crippen LogP contribution in [0, 0.1) is 0 Å². The minimum Gasteiger partial charge on any atom is -0.353 e. The highest BCUT2D eigenvalue weighted by Gasteiger charge is 2.25. The van der Waals surface area contributed by atoms with Crippen molar-refractivity contribution in [2.75, 3.05) is 25.0 Å². The van der Waals surface area contributed by atoms with Crippen molar-refractivity contribution in [3.63, 3.8) is 0 Å². The number of pyridine rings is 2. The van der Waals surface area contributed by atoms with Gasteiger partial charge in [-0.2, -0.15) is 0 Å². The van der Waals surface area contributed by atoms with Crippen LogP contribution in [0.1, 0.15) is 12.0 Å². The van der Waals surface area contributed by atoms with Crippen molar-refractivity contribution < 1.29 is 0 Å². The van der Waals surface area contributed by atoms with Crippen LogP contribution in [0.15, 0.2) is 59.9 Å². The molecule has 1 saturated heterocycles. The molecular weight excluding hydrogens is 499 g/mol. The third-order valence-electron chi connectivity index (χ3n) is 4.98. The predicted molar refractivity (Wildman–Crippen MR) is 130 cm³/mol.